The fourth-order valence-electron chi connectivity index (χ4n) is 11.0. The Hall–Kier alpha value is -6.61. The topological polar surface area (TPSA) is 364 Å². The molecule has 6 rings (SSSR count). The predicted octanol–water partition coefficient (Wildman–Crippen LogP) is 0.522. The van der Waals surface area contributed by atoms with E-state index in [1.54, 1.807) is 0 Å². The Morgan fingerprint density at radius 2 is 1.45 bits per heavy atom. The van der Waals surface area contributed by atoms with Gasteiger partial charge in [-0.3, -0.25) is 43.2 Å². The third kappa shape index (κ3) is 14.9. The number of nitrogens with one attached hydrogen (secondary N) is 5. The number of amides is 6. The Balaban J connectivity index is 1.14. The molecule has 25 heteroatoms. The van der Waals surface area contributed by atoms with E-state index >= 15 is 0 Å². The van der Waals surface area contributed by atoms with Crippen LogP contribution >= 0.6 is 0 Å². The lowest BCUT2D eigenvalue weighted by molar-refractivity contribution is -0.249. The molecule has 0 saturated carbocycles. The number of aliphatic hydroxyl groups excluding tert-OH is 2. The van der Waals surface area contributed by atoms with Crippen LogP contribution in [-0.2, 0) is 58.9 Å². The van der Waals surface area contributed by atoms with Gasteiger partial charge >= 0.3 is 0 Å². The lowest BCUT2D eigenvalue weighted by Gasteiger charge is -2.43. The van der Waals surface area contributed by atoms with Crippen LogP contribution in [0.5, 0.6) is 17.2 Å². The first-order valence-corrected chi connectivity index (χ1v) is 27.8. The van der Waals surface area contributed by atoms with Crippen molar-refractivity contribution in [2.75, 3.05) is 53.7 Å². The number of methoxy groups -OCH3 is 2. The molecule has 10 N–H and O–H groups in total. The van der Waals surface area contributed by atoms with Gasteiger partial charge in [0.15, 0.2) is 17.9 Å². The third-order valence-corrected chi connectivity index (χ3v) is 15.1. The number of nitrogens with zero attached hydrogens (tertiary/aromatic N) is 1. The van der Waals surface area contributed by atoms with Crippen LogP contribution < -0.4 is 31.3 Å². The van der Waals surface area contributed by atoms with E-state index in [1.807, 2.05) is 41.5 Å². The molecule has 0 spiro atoms. The molecule has 452 valence electrons. The standard InChI is InChI=1S/C57H80N6O19/c1-27(2)18-34(62-56(76)37-13-11-15-63(37)42(67)26-80-17-16-78-8)53(73)58-24-41(66)59-35(19-28(3)4)54(74)61-36(20-29(5)6)55(75)60-33-21-43(81-30(7)48(33)68)82-39-23-57(77,40(65)25-64)22-32-45(39)52(72)47-46(50(32)70)49(69)31-12-10-14-38(79-9)44(31)51(47)71/h10,12,14,27-30,33-37,39,43,48,64,68,70,72,77H,11,13,15-26H2,1-9H3,(H,58,73)(H,59,66)(H,60,75)(H,61,74)(H,62,76)/t30-,33-,34-,35-,36-,37-,39-,43-,48+,57-/m0/s1. The molecule has 2 aliphatic heterocycles. The van der Waals surface area contributed by atoms with Gasteiger partial charge in [-0.05, 0) is 62.8 Å². The maximum Gasteiger partial charge on any atom is 0.249 e. The molecule has 0 radical (unpaired) electrons. The van der Waals surface area contributed by atoms with Gasteiger partial charge in [0.2, 0.25) is 41.2 Å². The first kappa shape index (κ1) is 64.6. The van der Waals surface area contributed by atoms with Crippen LogP contribution in [0.15, 0.2) is 18.2 Å². The summed E-state index contributed by atoms with van der Waals surface area (Å²) >= 11 is 0. The van der Waals surface area contributed by atoms with Crippen molar-refractivity contribution in [3.8, 4) is 17.2 Å². The van der Waals surface area contributed by atoms with Crippen molar-refractivity contribution in [3.63, 3.8) is 0 Å². The molecule has 2 aromatic rings. The van der Waals surface area contributed by atoms with Crippen LogP contribution in [0, 0.1) is 17.8 Å². The minimum Gasteiger partial charge on any atom is -0.507 e. The number of ether oxygens (including phenoxy) is 5. The van der Waals surface area contributed by atoms with Gasteiger partial charge in [-0.2, -0.15) is 0 Å². The summed E-state index contributed by atoms with van der Waals surface area (Å²) < 4.78 is 28.0. The highest BCUT2D eigenvalue weighted by molar-refractivity contribution is 6.31. The summed E-state index contributed by atoms with van der Waals surface area (Å²) in [5.74, 6) is -8.58. The Morgan fingerprint density at radius 1 is 0.817 bits per heavy atom. The molecule has 0 bridgehead atoms. The smallest absolute Gasteiger partial charge is 0.249 e. The summed E-state index contributed by atoms with van der Waals surface area (Å²) in [6.45, 7) is 11.3. The number of fused-ring (bicyclic) bond motifs is 3. The Kier molecular flexibility index (Phi) is 22.1. The van der Waals surface area contributed by atoms with E-state index in [2.05, 4.69) is 26.6 Å². The van der Waals surface area contributed by atoms with Crippen LogP contribution in [0.3, 0.4) is 0 Å². The Bertz CT molecular complexity index is 2730. The number of aliphatic hydroxyl groups is 3. The van der Waals surface area contributed by atoms with Crippen molar-refractivity contribution in [1.29, 1.82) is 0 Å². The first-order valence-electron chi connectivity index (χ1n) is 27.8. The van der Waals surface area contributed by atoms with E-state index in [1.165, 1.54) is 44.2 Å². The van der Waals surface area contributed by atoms with E-state index in [4.69, 9.17) is 23.7 Å². The number of likely N-dealkylation sites (tertiary alicyclic amines) is 1. The number of carbonyl (C=O) groups excluding carboxylic acids is 9. The average Bonchev–Trinajstić information content (AvgIpc) is 1.02. The van der Waals surface area contributed by atoms with Crippen molar-refractivity contribution >= 4 is 52.8 Å². The zero-order valence-corrected chi connectivity index (χ0v) is 48.0. The maximum atomic E-state index is 14.3. The monoisotopic (exact) mass is 1150 g/mol. The second-order valence-electron chi connectivity index (χ2n) is 22.8. The van der Waals surface area contributed by atoms with E-state index in [0.717, 1.165) is 0 Å². The van der Waals surface area contributed by atoms with Gasteiger partial charge in [0.25, 0.3) is 0 Å². The zero-order valence-electron chi connectivity index (χ0n) is 48.0. The van der Waals surface area contributed by atoms with Gasteiger partial charge in [0.05, 0.1) is 61.8 Å². The minimum absolute atomic E-state index is 0.0161. The number of rotatable bonds is 26. The highest BCUT2D eigenvalue weighted by atomic mass is 16.7. The summed E-state index contributed by atoms with van der Waals surface area (Å²) in [5.41, 5.74) is -4.50. The molecular weight excluding hydrogens is 1070 g/mol. The van der Waals surface area contributed by atoms with Crippen molar-refractivity contribution in [2.24, 2.45) is 17.8 Å². The average molecular weight is 1150 g/mol. The van der Waals surface area contributed by atoms with E-state index in [0.29, 0.717) is 26.0 Å². The van der Waals surface area contributed by atoms with Gasteiger partial charge in [-0.25, -0.2) is 0 Å². The van der Waals surface area contributed by atoms with Crippen molar-refractivity contribution in [2.45, 2.75) is 160 Å². The quantitative estimate of drug-likeness (QED) is 0.0387. The second kappa shape index (κ2) is 28.1. The predicted molar refractivity (Wildman–Crippen MR) is 290 cm³/mol. The van der Waals surface area contributed by atoms with E-state index in [-0.39, 0.29) is 90.6 Å². The zero-order chi connectivity index (χ0) is 60.5. The molecular formula is C57H80N6O19. The Morgan fingerprint density at radius 3 is 2.07 bits per heavy atom. The number of benzene rings is 2. The number of Topliss-reactive ketones (excluding diaryl/α,β-unsaturated/α-hetero) is 1. The molecule has 2 heterocycles. The second-order valence-corrected chi connectivity index (χ2v) is 22.8. The van der Waals surface area contributed by atoms with Crippen LogP contribution in [-0.4, -0.2) is 191 Å². The highest BCUT2D eigenvalue weighted by Crippen LogP contribution is 2.52. The van der Waals surface area contributed by atoms with Gasteiger partial charge in [0.1, 0.15) is 66.3 Å². The van der Waals surface area contributed by atoms with Crippen LogP contribution in [0.4, 0.5) is 0 Å². The number of phenols is 2. The summed E-state index contributed by atoms with van der Waals surface area (Å²) in [7, 11) is 2.79. The molecule has 82 heavy (non-hydrogen) atoms. The van der Waals surface area contributed by atoms with Crippen molar-refractivity contribution in [3.05, 3.63) is 51.6 Å². The number of hydrogen-bond donors (Lipinski definition) is 10. The minimum atomic E-state index is -2.44. The molecule has 2 aliphatic carbocycles. The molecule has 2 saturated heterocycles. The summed E-state index contributed by atoms with van der Waals surface area (Å²) in [6.07, 6.45) is -5.78. The summed E-state index contributed by atoms with van der Waals surface area (Å²) in [4.78, 5) is 125. The van der Waals surface area contributed by atoms with Crippen LogP contribution in [0.1, 0.15) is 142 Å². The lowest BCUT2D eigenvalue weighted by atomic mass is 9.72. The van der Waals surface area contributed by atoms with Gasteiger partial charge < -0.3 is 80.7 Å². The molecule has 2 fully saturated rings. The number of ketones is 3. The number of aromatic hydroxyl groups is 2. The SMILES string of the molecule is COCCOCC(=O)N1CCC[C@H]1C(=O)N[C@@H](CC(C)C)C(=O)NCC(=O)N[C@@H](CC(C)C)C(=O)N[C@@H](CC(C)C)C(=O)N[C@H]1C[C@H](O[C@H]2C[C@](O)(C(=O)CO)Cc3c(O)c4c(c(O)c32)C(=O)c2c(OC)cccc2C4=O)O[C@@H](C)[C@H]1O. The van der Waals surface area contributed by atoms with Gasteiger partial charge in [-0.1, -0.05) is 53.7 Å². The fraction of sp³-hybridized carbons (Fsp3) is 0.632. The Labute approximate surface area is 475 Å². The van der Waals surface area contributed by atoms with Crippen molar-refractivity contribution < 1.29 is 92.4 Å². The van der Waals surface area contributed by atoms with E-state index in [9.17, 15) is 68.7 Å². The normalized spacial score (nSPS) is 23.3. The fourth-order valence-corrected chi connectivity index (χ4v) is 11.0. The summed E-state index contributed by atoms with van der Waals surface area (Å²) in [5, 5.41) is 70.4. The number of hydrogen-bond acceptors (Lipinski definition) is 19. The molecule has 25 nitrogen and oxygen atoms in total. The molecule has 6 amide bonds. The molecule has 0 aromatic heterocycles. The third-order valence-electron chi connectivity index (χ3n) is 15.1. The molecule has 2 aromatic carbocycles. The van der Waals surface area contributed by atoms with Gasteiger partial charge in [-0.15, -0.1) is 0 Å². The van der Waals surface area contributed by atoms with Crippen molar-refractivity contribution in [1.82, 2.24) is 31.5 Å². The van der Waals surface area contributed by atoms with Gasteiger partial charge in [0, 0.05) is 49.6 Å². The van der Waals surface area contributed by atoms with E-state index < -0.39 is 156 Å². The highest BCUT2D eigenvalue weighted by Gasteiger charge is 2.51. The first-order chi connectivity index (χ1) is 38.7. The molecule has 0 unspecified atom stereocenters. The number of carbonyl (C=O) groups is 9. The lowest BCUT2D eigenvalue weighted by Crippen LogP contribution is -2.60. The van der Waals surface area contributed by atoms with Crippen LogP contribution in [0.2, 0.25) is 0 Å². The molecule has 10 atom stereocenters. The maximum absolute atomic E-state index is 14.3. The van der Waals surface area contributed by atoms with Crippen LogP contribution in [0.25, 0.3) is 0 Å². The summed E-state index contributed by atoms with van der Waals surface area (Å²) in [6, 6.07) is -1.25. The number of phenolic OH excluding ortho intramolecular Hbond substituents is 2. The largest absolute Gasteiger partial charge is 0.507 e. The molecule has 4 aliphatic rings.